The third-order valence-electron chi connectivity index (χ3n) is 5.58. The first-order chi connectivity index (χ1) is 14.6. The highest BCUT2D eigenvalue weighted by Crippen LogP contribution is 2.39. The first-order valence-corrected chi connectivity index (χ1v) is 10.8. The van der Waals surface area contributed by atoms with E-state index in [1.165, 1.54) is 22.3 Å². The van der Waals surface area contributed by atoms with Crippen molar-refractivity contribution in [3.63, 3.8) is 0 Å². The van der Waals surface area contributed by atoms with E-state index in [1.54, 1.807) is 18.2 Å². The number of rotatable bonds is 4. The molecule has 0 radical (unpaired) electrons. The van der Waals surface area contributed by atoms with Crippen LogP contribution in [0.15, 0.2) is 71.7 Å². The minimum atomic E-state index is -0.424. The number of carbonyl (C=O) groups excluding carboxylic acids is 2. The molecule has 3 heterocycles. The number of fused-ring (bicyclic) bond motifs is 1. The van der Waals surface area contributed by atoms with Gasteiger partial charge in [-0.05, 0) is 42.0 Å². The number of benzene rings is 2. The van der Waals surface area contributed by atoms with Gasteiger partial charge in [0, 0.05) is 22.7 Å². The Kier molecular flexibility index (Phi) is 4.71. The first-order valence-electron chi connectivity index (χ1n) is 9.88. The van der Waals surface area contributed by atoms with E-state index in [0.29, 0.717) is 23.4 Å². The molecule has 0 aliphatic carbocycles. The zero-order valence-electron chi connectivity index (χ0n) is 16.2. The number of carbonyl (C=O) groups is 2. The van der Waals surface area contributed by atoms with Gasteiger partial charge in [0.1, 0.15) is 11.5 Å². The summed E-state index contributed by atoms with van der Waals surface area (Å²) in [4.78, 5) is 30.8. The number of aryl methyl sites for hydroxylation is 1. The molecule has 2 amide bonds. The summed E-state index contributed by atoms with van der Waals surface area (Å²) in [5.74, 6) is -1.17. The Morgan fingerprint density at radius 2 is 1.73 bits per heavy atom. The maximum absolute atomic E-state index is 14.2. The second kappa shape index (κ2) is 7.54. The maximum Gasteiger partial charge on any atom is 0.278 e. The van der Waals surface area contributed by atoms with E-state index in [-0.39, 0.29) is 18.4 Å². The van der Waals surface area contributed by atoms with Gasteiger partial charge in [-0.1, -0.05) is 42.5 Å². The van der Waals surface area contributed by atoms with Crippen molar-refractivity contribution in [2.45, 2.75) is 19.4 Å². The zero-order valence-corrected chi connectivity index (χ0v) is 17.0. The average Bonchev–Trinajstić information content (AvgIpc) is 3.37. The molecule has 3 aromatic rings. The molecular formula is C24H19FN2O2S. The van der Waals surface area contributed by atoms with Crippen LogP contribution in [0.3, 0.4) is 0 Å². The molecule has 0 saturated heterocycles. The van der Waals surface area contributed by atoms with Crippen molar-refractivity contribution in [3.8, 4) is 0 Å². The van der Waals surface area contributed by atoms with Gasteiger partial charge in [-0.25, -0.2) is 4.39 Å². The number of thiophene rings is 1. The number of hydrogen-bond acceptors (Lipinski definition) is 4. The van der Waals surface area contributed by atoms with Gasteiger partial charge in [0.25, 0.3) is 11.8 Å². The second-order valence-corrected chi connectivity index (χ2v) is 8.32. The average molecular weight is 418 g/mol. The van der Waals surface area contributed by atoms with Gasteiger partial charge >= 0.3 is 0 Å². The van der Waals surface area contributed by atoms with Gasteiger partial charge in [0.2, 0.25) is 0 Å². The van der Waals surface area contributed by atoms with E-state index in [4.69, 9.17) is 0 Å². The molecule has 2 aliphatic rings. The molecule has 2 aliphatic heterocycles. The lowest BCUT2D eigenvalue weighted by atomic mass is 10.00. The maximum atomic E-state index is 14.2. The van der Waals surface area contributed by atoms with Gasteiger partial charge < -0.3 is 4.90 Å². The van der Waals surface area contributed by atoms with Crippen LogP contribution in [-0.2, 0) is 22.6 Å². The highest BCUT2D eigenvalue weighted by atomic mass is 32.1. The number of anilines is 1. The fourth-order valence-corrected chi connectivity index (χ4v) is 4.93. The molecule has 0 N–H and O–H groups in total. The summed E-state index contributed by atoms with van der Waals surface area (Å²) < 4.78 is 14.2. The zero-order chi connectivity index (χ0) is 20.7. The smallest absolute Gasteiger partial charge is 0.278 e. The fourth-order valence-electron chi connectivity index (χ4n) is 4.16. The van der Waals surface area contributed by atoms with Crippen molar-refractivity contribution < 1.29 is 14.0 Å². The Labute approximate surface area is 177 Å². The molecule has 2 aromatic carbocycles. The van der Waals surface area contributed by atoms with E-state index in [9.17, 15) is 14.0 Å². The van der Waals surface area contributed by atoms with E-state index < -0.39 is 5.82 Å². The van der Waals surface area contributed by atoms with Crippen molar-refractivity contribution >= 4 is 34.4 Å². The predicted molar refractivity (Wildman–Crippen MR) is 115 cm³/mol. The number of hydrogen-bond donors (Lipinski definition) is 0. The van der Waals surface area contributed by atoms with Crippen LogP contribution < -0.4 is 4.90 Å². The molecule has 0 saturated carbocycles. The van der Waals surface area contributed by atoms with Crippen molar-refractivity contribution in [3.05, 3.63) is 93.6 Å². The Morgan fingerprint density at radius 1 is 0.933 bits per heavy atom. The number of halogens is 1. The number of amides is 2. The Bertz CT molecular complexity index is 1170. The monoisotopic (exact) mass is 418 g/mol. The van der Waals surface area contributed by atoms with Crippen LogP contribution in [0.2, 0.25) is 0 Å². The third kappa shape index (κ3) is 3.04. The van der Waals surface area contributed by atoms with Gasteiger partial charge in [-0.15, -0.1) is 11.3 Å². The normalized spacial score (nSPS) is 16.4. The molecule has 0 spiro atoms. The van der Waals surface area contributed by atoms with E-state index in [2.05, 4.69) is 6.07 Å². The summed E-state index contributed by atoms with van der Waals surface area (Å²) in [6.45, 7) is 0.575. The quantitative estimate of drug-likeness (QED) is 0.581. The van der Waals surface area contributed by atoms with Crippen molar-refractivity contribution in [2.75, 3.05) is 11.4 Å². The van der Waals surface area contributed by atoms with Crippen LogP contribution in [0.25, 0.3) is 5.57 Å². The summed E-state index contributed by atoms with van der Waals surface area (Å²) in [5, 5.41) is 1.89. The summed E-state index contributed by atoms with van der Waals surface area (Å²) in [7, 11) is 0. The van der Waals surface area contributed by atoms with Gasteiger partial charge in [-0.2, -0.15) is 0 Å². The van der Waals surface area contributed by atoms with Gasteiger partial charge in [0.15, 0.2) is 0 Å². The second-order valence-electron chi connectivity index (χ2n) is 7.37. The minimum Gasteiger partial charge on any atom is -0.336 e. The van der Waals surface area contributed by atoms with Gasteiger partial charge in [-0.3, -0.25) is 14.5 Å². The highest BCUT2D eigenvalue weighted by Gasteiger charge is 2.43. The lowest BCUT2D eigenvalue weighted by Gasteiger charge is -2.32. The molecular weight excluding hydrogens is 399 g/mol. The van der Waals surface area contributed by atoms with E-state index >= 15 is 0 Å². The Balaban J connectivity index is 1.61. The minimum absolute atomic E-state index is 0.0851. The standard InChI is InChI=1S/C24H19FN2O2S/c25-18-10-3-1-8-17(18)15-27-23(28)21(20-12-6-14-30-20)22(24(27)29)26-13-5-9-16-7-2-4-11-19(16)26/h1-4,6-8,10-12,14H,5,9,13,15H2. The number of para-hydroxylation sites is 1. The fraction of sp³-hybridized carbons (Fsp3) is 0.167. The largest absolute Gasteiger partial charge is 0.336 e. The molecule has 0 atom stereocenters. The molecule has 0 unspecified atom stereocenters. The lowest BCUT2D eigenvalue weighted by molar-refractivity contribution is -0.137. The Hall–Kier alpha value is -3.25. The van der Waals surface area contributed by atoms with Crippen LogP contribution in [0, 0.1) is 5.82 Å². The van der Waals surface area contributed by atoms with Crippen molar-refractivity contribution in [2.24, 2.45) is 0 Å². The van der Waals surface area contributed by atoms with Gasteiger partial charge in [0.05, 0.1) is 12.1 Å². The molecule has 5 rings (SSSR count). The number of nitrogens with zero attached hydrogens (tertiary/aromatic N) is 2. The Morgan fingerprint density at radius 3 is 2.53 bits per heavy atom. The summed E-state index contributed by atoms with van der Waals surface area (Å²) in [6, 6.07) is 18.0. The van der Waals surface area contributed by atoms with Crippen LogP contribution in [0.5, 0.6) is 0 Å². The summed E-state index contributed by atoms with van der Waals surface area (Å²) >= 11 is 1.43. The summed E-state index contributed by atoms with van der Waals surface area (Å²) in [6.07, 6.45) is 1.84. The SMILES string of the molecule is O=C1C(c2cccs2)=C(N2CCCc3ccccc32)C(=O)N1Cc1ccccc1F. The highest BCUT2D eigenvalue weighted by molar-refractivity contribution is 7.11. The van der Waals surface area contributed by atoms with Crippen molar-refractivity contribution in [1.29, 1.82) is 0 Å². The van der Waals surface area contributed by atoms with E-state index in [1.807, 2.05) is 40.6 Å². The number of imide groups is 1. The topological polar surface area (TPSA) is 40.6 Å². The van der Waals surface area contributed by atoms with Crippen LogP contribution >= 0.6 is 11.3 Å². The molecule has 0 fully saturated rings. The molecule has 150 valence electrons. The molecule has 4 nitrogen and oxygen atoms in total. The van der Waals surface area contributed by atoms with E-state index in [0.717, 1.165) is 29.0 Å². The lowest BCUT2D eigenvalue weighted by Crippen LogP contribution is -2.37. The molecule has 1 aromatic heterocycles. The molecule has 6 heteroatoms. The first kappa shape index (κ1) is 18.8. The molecule has 0 bridgehead atoms. The predicted octanol–water partition coefficient (Wildman–Crippen LogP) is 4.62. The summed E-state index contributed by atoms with van der Waals surface area (Å²) in [5.41, 5.74) is 3.25. The third-order valence-corrected chi connectivity index (χ3v) is 6.46. The van der Waals surface area contributed by atoms with Crippen LogP contribution in [-0.4, -0.2) is 23.3 Å². The van der Waals surface area contributed by atoms with Crippen LogP contribution in [0.4, 0.5) is 10.1 Å². The molecule has 30 heavy (non-hydrogen) atoms. The van der Waals surface area contributed by atoms with Crippen molar-refractivity contribution in [1.82, 2.24) is 4.90 Å². The van der Waals surface area contributed by atoms with Crippen LogP contribution in [0.1, 0.15) is 22.4 Å².